The van der Waals surface area contributed by atoms with Gasteiger partial charge in [0.1, 0.15) is 6.20 Å². The summed E-state index contributed by atoms with van der Waals surface area (Å²) in [4.78, 5) is 2.92. The van der Waals surface area contributed by atoms with Crippen molar-refractivity contribution < 1.29 is 4.68 Å². The number of hydrogen-bond donors (Lipinski definition) is 1. The Labute approximate surface area is 76.4 Å². The number of imidazole rings is 1. The van der Waals surface area contributed by atoms with Gasteiger partial charge in [0.25, 0.3) is 6.33 Å². The molecule has 0 aliphatic carbocycles. The zero-order valence-corrected chi connectivity index (χ0v) is 7.09. The normalized spacial score (nSPS) is 10.8. The lowest BCUT2D eigenvalue weighted by molar-refractivity contribution is -0.676. The van der Waals surface area contributed by atoms with Crippen LogP contribution in [0.3, 0.4) is 0 Å². The lowest BCUT2D eigenvalue weighted by Crippen LogP contribution is -2.23. The molecule has 2 aromatic rings. The predicted molar refractivity (Wildman–Crippen MR) is 50.4 cm³/mol. The largest absolute Gasteiger partial charge is 0.267 e. The van der Waals surface area contributed by atoms with E-state index in [4.69, 9.17) is 0 Å². The van der Waals surface area contributed by atoms with Gasteiger partial charge in [-0.3, -0.25) is 0 Å². The average molecular weight is 172 g/mol. The van der Waals surface area contributed by atoms with Crippen LogP contribution in [0.25, 0.3) is 0 Å². The highest BCUT2D eigenvalue weighted by Gasteiger charge is 1.90. The molecule has 0 amide bonds. The van der Waals surface area contributed by atoms with E-state index >= 15 is 0 Å². The highest BCUT2D eigenvalue weighted by atomic mass is 15.3. The summed E-state index contributed by atoms with van der Waals surface area (Å²) in [5, 5.41) is 4.20. The van der Waals surface area contributed by atoms with Gasteiger partial charge in [-0.1, -0.05) is 35.4 Å². The molecule has 1 N–H and O–H groups in total. The van der Waals surface area contributed by atoms with E-state index < -0.39 is 0 Å². The lowest BCUT2D eigenvalue weighted by atomic mass is 10.2. The first kappa shape index (κ1) is 7.73. The van der Waals surface area contributed by atoms with Crippen LogP contribution in [0.5, 0.6) is 0 Å². The van der Waals surface area contributed by atoms with Crippen molar-refractivity contribution in [1.29, 1.82) is 0 Å². The Morgan fingerprint density at radius 3 is 2.77 bits per heavy atom. The van der Waals surface area contributed by atoms with E-state index in [0.717, 1.165) is 5.56 Å². The molecule has 0 aliphatic heterocycles. The third kappa shape index (κ3) is 2.02. The fourth-order valence-corrected chi connectivity index (χ4v) is 1.03. The summed E-state index contributed by atoms with van der Waals surface area (Å²) in [6, 6.07) is 9.99. The van der Waals surface area contributed by atoms with Crippen LogP contribution in [0, 0.1) is 0 Å². The lowest BCUT2D eigenvalue weighted by Gasteiger charge is -1.87. The Morgan fingerprint density at radius 1 is 1.23 bits per heavy atom. The number of nitrogens with one attached hydrogen (secondary N) is 1. The molecule has 0 fully saturated rings. The maximum absolute atomic E-state index is 4.20. The van der Waals surface area contributed by atoms with Crippen molar-refractivity contribution in [3.8, 4) is 0 Å². The summed E-state index contributed by atoms with van der Waals surface area (Å²) in [5.41, 5.74) is 1.09. The van der Waals surface area contributed by atoms with Gasteiger partial charge in [0.2, 0.25) is 0 Å². The summed E-state index contributed by atoms with van der Waals surface area (Å²) < 4.78 is 1.72. The zero-order chi connectivity index (χ0) is 8.93. The monoisotopic (exact) mass is 172 g/mol. The molecule has 0 atom stereocenters. The minimum absolute atomic E-state index is 1.09. The van der Waals surface area contributed by atoms with Gasteiger partial charge < -0.3 is 0 Å². The maximum atomic E-state index is 4.20. The highest BCUT2D eigenvalue weighted by molar-refractivity contribution is 5.78. The van der Waals surface area contributed by atoms with Gasteiger partial charge in [-0.05, 0) is 5.56 Å². The van der Waals surface area contributed by atoms with Crippen LogP contribution in [0.4, 0.5) is 0 Å². The number of aromatic nitrogens is 2. The molecule has 1 aromatic carbocycles. The standard InChI is InChI=1S/C10H9N3/c1-2-4-10(5-3-1)8-12-13-7-6-11-9-13/h1-9H/p+1. The van der Waals surface area contributed by atoms with Crippen LogP contribution in [0.1, 0.15) is 5.56 Å². The van der Waals surface area contributed by atoms with Gasteiger partial charge in [-0.25, -0.2) is 4.98 Å². The highest BCUT2D eigenvalue weighted by Crippen LogP contribution is 1.92. The van der Waals surface area contributed by atoms with Gasteiger partial charge >= 0.3 is 0 Å². The van der Waals surface area contributed by atoms with Crippen molar-refractivity contribution in [3.63, 3.8) is 0 Å². The third-order valence-corrected chi connectivity index (χ3v) is 1.67. The van der Waals surface area contributed by atoms with E-state index in [9.17, 15) is 0 Å². The molecule has 13 heavy (non-hydrogen) atoms. The summed E-state index contributed by atoms with van der Waals surface area (Å²) in [6.07, 6.45) is 7.26. The van der Waals surface area contributed by atoms with Gasteiger partial charge in [0.05, 0.1) is 6.21 Å². The second kappa shape index (κ2) is 3.67. The first-order valence-electron chi connectivity index (χ1n) is 4.08. The topological polar surface area (TPSA) is 32.0 Å². The molecule has 0 spiro atoms. The Morgan fingerprint density at radius 2 is 2.08 bits per heavy atom. The number of H-pyrrole nitrogens is 1. The number of nitrogens with zero attached hydrogens (tertiary/aromatic N) is 2. The summed E-state index contributed by atoms with van der Waals surface area (Å²) in [6.45, 7) is 0. The van der Waals surface area contributed by atoms with Crippen LogP contribution < -0.4 is 4.68 Å². The summed E-state index contributed by atoms with van der Waals surface area (Å²) >= 11 is 0. The summed E-state index contributed by atoms with van der Waals surface area (Å²) in [5.74, 6) is 0. The van der Waals surface area contributed by atoms with Crippen molar-refractivity contribution in [2.24, 2.45) is 5.10 Å². The van der Waals surface area contributed by atoms with E-state index in [-0.39, 0.29) is 0 Å². The third-order valence-electron chi connectivity index (χ3n) is 1.67. The van der Waals surface area contributed by atoms with Crippen LogP contribution in [0.2, 0.25) is 0 Å². The minimum Gasteiger partial charge on any atom is -0.248 e. The molecule has 0 aliphatic rings. The molecule has 3 heteroatoms. The molecule has 0 saturated heterocycles. The summed E-state index contributed by atoms with van der Waals surface area (Å²) in [7, 11) is 0. The van der Waals surface area contributed by atoms with Gasteiger partial charge in [-0.2, -0.15) is 0 Å². The van der Waals surface area contributed by atoms with E-state index in [2.05, 4.69) is 10.1 Å². The van der Waals surface area contributed by atoms with Crippen LogP contribution in [-0.2, 0) is 0 Å². The molecule has 0 saturated carbocycles. The number of rotatable bonds is 2. The van der Waals surface area contributed by atoms with Crippen molar-refractivity contribution in [2.45, 2.75) is 0 Å². The van der Waals surface area contributed by atoms with E-state index in [1.54, 1.807) is 11.0 Å². The fraction of sp³-hybridized carbons (Fsp3) is 0. The van der Waals surface area contributed by atoms with Crippen molar-refractivity contribution in [1.82, 2.24) is 4.98 Å². The van der Waals surface area contributed by atoms with Crippen LogP contribution in [0.15, 0.2) is 54.2 Å². The smallest absolute Gasteiger partial charge is 0.248 e. The maximum Gasteiger partial charge on any atom is 0.267 e. The predicted octanol–water partition coefficient (Wildman–Crippen LogP) is 1.18. The molecule has 3 nitrogen and oxygen atoms in total. The van der Waals surface area contributed by atoms with Crippen LogP contribution in [-0.4, -0.2) is 11.2 Å². The quantitative estimate of drug-likeness (QED) is 0.521. The van der Waals surface area contributed by atoms with Crippen molar-refractivity contribution >= 4 is 6.21 Å². The van der Waals surface area contributed by atoms with Gasteiger partial charge in [-0.15, -0.1) is 4.68 Å². The van der Waals surface area contributed by atoms with Crippen molar-refractivity contribution in [3.05, 3.63) is 54.6 Å². The molecular weight excluding hydrogens is 162 g/mol. The number of aromatic amines is 1. The van der Waals surface area contributed by atoms with Crippen LogP contribution >= 0.6 is 0 Å². The molecule has 1 heterocycles. The van der Waals surface area contributed by atoms with E-state index in [0.29, 0.717) is 0 Å². The fourth-order valence-electron chi connectivity index (χ4n) is 1.03. The number of hydrogen-bond acceptors (Lipinski definition) is 1. The SMILES string of the molecule is C(=N[n+]1cc[nH]c1)c1ccccc1. The van der Waals surface area contributed by atoms with E-state index in [1.165, 1.54) is 0 Å². The Bertz CT molecular complexity index is 376. The molecule has 0 bridgehead atoms. The Balaban J connectivity index is 2.15. The molecule has 1 aromatic heterocycles. The molecule has 0 unspecified atom stereocenters. The van der Waals surface area contributed by atoms with Gasteiger partial charge in [0, 0.05) is 0 Å². The van der Waals surface area contributed by atoms with Gasteiger partial charge in [0.15, 0.2) is 6.20 Å². The number of benzene rings is 1. The Kier molecular flexibility index (Phi) is 2.18. The first-order chi connectivity index (χ1) is 6.45. The zero-order valence-electron chi connectivity index (χ0n) is 7.09. The first-order valence-corrected chi connectivity index (χ1v) is 4.08. The van der Waals surface area contributed by atoms with Crippen molar-refractivity contribution in [2.75, 3.05) is 0 Å². The second-order valence-electron chi connectivity index (χ2n) is 2.65. The van der Waals surface area contributed by atoms with E-state index in [1.807, 2.05) is 48.9 Å². The molecule has 64 valence electrons. The Hall–Kier alpha value is -1.90. The molecular formula is C10H10N3+. The average Bonchev–Trinajstić information content (AvgIpc) is 2.69. The molecule has 0 radical (unpaired) electrons. The second-order valence-corrected chi connectivity index (χ2v) is 2.65. The molecule has 2 rings (SSSR count). The minimum atomic E-state index is 1.09.